The molecule has 0 saturated carbocycles. The Morgan fingerprint density at radius 2 is 0.600 bits per heavy atom. The second-order valence-electron chi connectivity index (χ2n) is 21.7. The average molecular weight is 1320 g/mol. The van der Waals surface area contributed by atoms with Crippen molar-refractivity contribution in [1.82, 2.24) is 36.0 Å². The number of hydrogen-bond acceptors (Lipinski definition) is 34. The molecule has 0 bridgehead atoms. The van der Waals surface area contributed by atoms with E-state index in [4.69, 9.17) is 91.9 Å². The second-order valence-corrected chi connectivity index (χ2v) is 21.7. The average Bonchev–Trinajstić information content (AvgIpc) is 1.44. The molecule has 0 aromatic rings. The first-order chi connectivity index (χ1) is 41.9. The Labute approximate surface area is 511 Å². The van der Waals surface area contributed by atoms with Crippen molar-refractivity contribution in [1.29, 1.82) is 0 Å². The Kier molecular flexibility index (Phi) is 37.9. The van der Waals surface area contributed by atoms with Crippen LogP contribution in [0.3, 0.4) is 0 Å². The minimum absolute atomic E-state index is 0.0325. The van der Waals surface area contributed by atoms with E-state index in [1.54, 1.807) is 0 Å². The third-order valence-corrected chi connectivity index (χ3v) is 15.1. The Morgan fingerprint density at radius 3 is 0.844 bits per heavy atom. The van der Waals surface area contributed by atoms with Gasteiger partial charge < -0.3 is 149 Å². The van der Waals surface area contributed by atoms with Gasteiger partial charge in [0.15, 0.2) is 0 Å². The van der Waals surface area contributed by atoms with Gasteiger partial charge in [0.2, 0.25) is 0 Å². The van der Waals surface area contributed by atoms with Gasteiger partial charge in [-0.3, -0.25) is 58.9 Å². The highest BCUT2D eigenvalue weighted by molar-refractivity contribution is 5.76. The molecule has 7 aliphatic rings. The number of carbonyl (C=O) groups is 7. The van der Waals surface area contributed by atoms with Crippen molar-refractivity contribution in [2.75, 3.05) is 85.3 Å². The van der Waals surface area contributed by atoms with Gasteiger partial charge >= 0.3 is 41.8 Å². The minimum atomic E-state index is -1.47. The number of rotatable bonds is 14. The van der Waals surface area contributed by atoms with Crippen LogP contribution in [0.4, 0.5) is 0 Å². The number of carboxylic acid groups (broad SMARTS) is 7. The first kappa shape index (κ1) is 83.2. The smallest absolute Gasteiger partial charge is 0.323 e. The molecule has 7 heterocycles. The fourth-order valence-corrected chi connectivity index (χ4v) is 9.88. The van der Waals surface area contributed by atoms with Crippen molar-refractivity contribution >= 4 is 41.8 Å². The molecule has 7 rings (SSSR count). The second kappa shape index (κ2) is 41.0. The summed E-state index contributed by atoms with van der Waals surface area (Å²) in [5.74, 6) is -7.65. The lowest BCUT2D eigenvalue weighted by Crippen LogP contribution is -2.63. The van der Waals surface area contributed by atoms with Crippen LogP contribution in [0.25, 0.3) is 0 Å². The highest BCUT2D eigenvalue weighted by atomic mass is 16.4. The molecule has 0 aromatic carbocycles. The zero-order chi connectivity index (χ0) is 69.2. The molecule has 526 valence electrons. The van der Waals surface area contributed by atoms with E-state index in [1.807, 2.05) is 0 Å². The van der Waals surface area contributed by atoms with E-state index >= 15 is 0 Å². The summed E-state index contributed by atoms with van der Waals surface area (Å²) >= 11 is 0. The number of likely N-dealkylation sites (tertiary alicyclic amines) is 3. The van der Waals surface area contributed by atoms with Crippen molar-refractivity contribution in [3.63, 3.8) is 0 Å². The van der Waals surface area contributed by atoms with Crippen LogP contribution in [0.15, 0.2) is 0 Å². The van der Waals surface area contributed by atoms with Crippen LogP contribution in [0.1, 0.15) is 32.1 Å². The van der Waals surface area contributed by atoms with E-state index in [1.165, 1.54) is 14.7 Å². The van der Waals surface area contributed by atoms with E-state index in [0.717, 1.165) is 12.8 Å². The summed E-state index contributed by atoms with van der Waals surface area (Å²) in [6, 6.07) is -6.38. The van der Waals surface area contributed by atoms with Crippen molar-refractivity contribution < 1.29 is 171 Å². The highest BCUT2D eigenvalue weighted by Crippen LogP contribution is 2.22. The zero-order valence-electron chi connectivity index (χ0n) is 48.4. The number of hydrogen-bond donors (Lipinski definition) is 31. The summed E-state index contributed by atoms with van der Waals surface area (Å²) < 4.78 is 0. The molecule has 0 amide bonds. The molecule has 0 aliphatic carbocycles. The van der Waals surface area contributed by atoms with E-state index in [2.05, 4.69) is 21.3 Å². The van der Waals surface area contributed by atoms with Gasteiger partial charge in [0.25, 0.3) is 0 Å². The van der Waals surface area contributed by atoms with Gasteiger partial charge in [0.05, 0.1) is 100 Å². The lowest BCUT2D eigenvalue weighted by atomic mass is 9.94. The van der Waals surface area contributed by atoms with Crippen LogP contribution in [-0.4, -0.2) is 426 Å². The van der Waals surface area contributed by atoms with Crippen LogP contribution in [0, 0.1) is 0 Å². The molecule has 7 aliphatic heterocycles. The molecule has 0 radical (unpaired) electrons. The van der Waals surface area contributed by atoms with Gasteiger partial charge in [-0.05, 0) is 38.8 Å². The maximum Gasteiger partial charge on any atom is 0.323 e. The molecule has 0 spiro atoms. The summed E-state index contributed by atoms with van der Waals surface area (Å²) in [5.41, 5.74) is 0. The van der Waals surface area contributed by atoms with Crippen LogP contribution in [0.5, 0.6) is 0 Å². The molecule has 7 saturated heterocycles. The topological polar surface area (TPSA) is 724 Å². The Bertz CT molecular complexity index is 2050. The van der Waals surface area contributed by atoms with Crippen molar-refractivity contribution in [3.05, 3.63) is 0 Å². The predicted molar refractivity (Wildman–Crippen MR) is 293 cm³/mol. The number of carboxylic acids is 7. The minimum Gasteiger partial charge on any atom is -0.481 e. The molecule has 10 unspecified atom stereocenters. The largest absolute Gasteiger partial charge is 0.481 e. The molecular formula is C49H91N7O34. The maximum absolute atomic E-state index is 10.5. The van der Waals surface area contributed by atoms with Gasteiger partial charge in [-0.2, -0.15) is 0 Å². The van der Waals surface area contributed by atoms with Gasteiger partial charge in [0.1, 0.15) is 85.2 Å². The molecule has 41 nitrogen and oxygen atoms in total. The van der Waals surface area contributed by atoms with Crippen molar-refractivity contribution in [2.24, 2.45) is 0 Å². The first-order valence-corrected chi connectivity index (χ1v) is 28.0. The normalized spacial score (nSPS) is 37.9. The summed E-state index contributed by atoms with van der Waals surface area (Å²) in [6.45, 7) is -0.852. The number of nitrogens with one attached hydrogen (secondary N) is 4. The Balaban J connectivity index is 0.000000528. The first-order valence-electron chi connectivity index (χ1n) is 28.0. The predicted octanol–water partition coefficient (Wildman–Crippen LogP) is -16.5. The molecule has 90 heavy (non-hydrogen) atoms. The molecular weight excluding hydrogens is 1230 g/mol. The van der Waals surface area contributed by atoms with E-state index in [0.29, 0.717) is 25.9 Å². The van der Waals surface area contributed by atoms with Crippen molar-refractivity contribution in [3.8, 4) is 0 Å². The van der Waals surface area contributed by atoms with Gasteiger partial charge in [0, 0.05) is 39.3 Å². The van der Waals surface area contributed by atoms with E-state index < -0.39 is 221 Å². The quantitative estimate of drug-likeness (QED) is 0.0768. The van der Waals surface area contributed by atoms with Gasteiger partial charge in [-0.15, -0.1) is 0 Å². The fraction of sp³-hybridized carbons (Fsp3) is 0.857. The highest BCUT2D eigenvalue weighted by Gasteiger charge is 2.45. The third kappa shape index (κ3) is 26.3. The van der Waals surface area contributed by atoms with Crippen molar-refractivity contribution in [2.45, 2.75) is 178 Å². The summed E-state index contributed by atoms with van der Waals surface area (Å²) in [5, 5.41) is 254. The van der Waals surface area contributed by atoms with Crippen LogP contribution >= 0.6 is 0 Å². The lowest BCUT2D eigenvalue weighted by Gasteiger charge is -2.42. The molecule has 24 atom stereocenters. The maximum atomic E-state index is 10.5. The number of aliphatic carboxylic acids is 7. The van der Waals surface area contributed by atoms with Gasteiger partial charge in [-0.1, -0.05) is 0 Å². The number of nitrogens with zero attached hydrogens (tertiary/aromatic N) is 3. The zero-order valence-corrected chi connectivity index (χ0v) is 48.4. The Hall–Kier alpha value is -4.79. The number of aliphatic hydroxyl groups is 20. The third-order valence-electron chi connectivity index (χ3n) is 15.1. The van der Waals surface area contributed by atoms with Crippen LogP contribution < -0.4 is 21.3 Å². The number of β-amino-alcohol motifs (C(OH)–C–C–N with tert-alkyl or cyclic N) is 5. The van der Waals surface area contributed by atoms with E-state index in [9.17, 15) is 79.5 Å². The van der Waals surface area contributed by atoms with Crippen LogP contribution in [0.2, 0.25) is 0 Å². The summed E-state index contributed by atoms with van der Waals surface area (Å²) in [4.78, 5) is 76.8. The Morgan fingerprint density at radius 1 is 0.322 bits per heavy atom. The fourth-order valence-electron chi connectivity index (χ4n) is 9.88. The number of aliphatic hydroxyl groups excluding tert-OH is 20. The lowest BCUT2D eigenvalue weighted by molar-refractivity contribution is -0.158. The summed E-state index contributed by atoms with van der Waals surface area (Å²) in [7, 11) is 0. The summed E-state index contributed by atoms with van der Waals surface area (Å²) in [6.07, 6.45) is -18.2. The molecule has 41 heteroatoms. The number of piperidine rings is 7. The molecule has 0 aromatic heterocycles. The monoisotopic (exact) mass is 1320 g/mol. The standard InChI is InChI=1S/C9H17NO6.2C8H15NO6.2C6H11NO5.2C6H11NO3/c11-4-5-8(15)9(16)6(12)3-10(5)2-1-7(13)14;2*10-3-4-7(14)8(15)5(11)1-9(4)2-6(12)13;2*8-2-1-7-3(6(11)12)5(10)4(2)9;2*8-4-2-1-3-7-5(4)6(9)10/h5-6,8-9,11-12,15-16H,1-4H2,(H,13,14);2*4-5,7-8,10-11,14-15H,1-3H2,(H,12,13);2*2-5,7-10H,1H2,(H,11,12);2*4-5,7-8H,1-3H2,(H,9,10)/t5-,6+,8-,9-;4-,5+,7-,8-;;2-,3-,4+,5+;;4-,5-;/m11.0.0./s1. The van der Waals surface area contributed by atoms with E-state index in [-0.39, 0.29) is 45.7 Å². The molecule has 31 N–H and O–H groups in total. The molecule has 7 fully saturated rings. The SMILES string of the molecule is O=C(O)C1NCC(O)C(O)C1O.O=C(O)C1NCCCC1O.O=C(O)CCN1C[C@H](O)[C@@H](O)[C@H](O)[C@H]1CO.O=C(O)CN1CC(O)C(O)C(O)C1CO.O=C(O)CN1C[C@H](O)[C@@H](O)[C@H](O)[C@H]1CO.O=C(O)[C@H]1NCCC[C@@H]1O.O=C(O)[C@H]1NC[C@H](O)[C@@H](O)[C@@H]1O. The van der Waals surface area contributed by atoms with Crippen LogP contribution in [-0.2, 0) is 33.6 Å². The van der Waals surface area contributed by atoms with Gasteiger partial charge in [-0.25, -0.2) is 0 Å².